The number of fused-ring (bicyclic) bond motifs is 1. The van der Waals surface area contributed by atoms with Gasteiger partial charge < -0.3 is 25.7 Å². The van der Waals surface area contributed by atoms with Crippen LogP contribution in [0.2, 0.25) is 0 Å². The van der Waals surface area contributed by atoms with Gasteiger partial charge in [-0.1, -0.05) is 26.0 Å². The standard InChI is InChI=1S/C21H23FN4O6/c1-11(2)21(31)32-17(8-12-9-24-18-14(12)4-3-5-15(18)22)19(28)26-16(20(29)30)7-6-13(27)10-25-23/h3-5,9-11,16-17,24H,6-8H2,1-2H3,(H,26,28)(H,29,30). The number of carboxylic acids is 1. The van der Waals surface area contributed by atoms with Gasteiger partial charge >= 0.3 is 18.2 Å². The second-order valence-electron chi connectivity index (χ2n) is 7.41. The van der Waals surface area contributed by atoms with Crippen LogP contribution in [0.4, 0.5) is 4.39 Å². The van der Waals surface area contributed by atoms with E-state index in [1.54, 1.807) is 19.9 Å². The summed E-state index contributed by atoms with van der Waals surface area (Å²) in [6, 6.07) is 2.96. The average Bonchev–Trinajstić information content (AvgIpc) is 3.14. The number of carbonyl (C=O) groups is 4. The van der Waals surface area contributed by atoms with E-state index >= 15 is 0 Å². The molecule has 0 aliphatic rings. The highest BCUT2D eigenvalue weighted by Crippen LogP contribution is 2.23. The van der Waals surface area contributed by atoms with Crippen molar-refractivity contribution in [1.82, 2.24) is 10.3 Å². The third-order valence-corrected chi connectivity index (χ3v) is 4.67. The molecule has 32 heavy (non-hydrogen) atoms. The first kappa shape index (κ1) is 24.4. The Bertz CT molecular complexity index is 1070. The fourth-order valence-corrected chi connectivity index (χ4v) is 2.95. The van der Waals surface area contributed by atoms with E-state index in [4.69, 9.17) is 10.3 Å². The average molecular weight is 446 g/mol. The molecule has 2 unspecified atom stereocenters. The molecule has 1 aromatic carbocycles. The quantitative estimate of drug-likeness (QED) is 0.206. The molecule has 2 rings (SSSR count). The van der Waals surface area contributed by atoms with Gasteiger partial charge in [0.15, 0.2) is 6.10 Å². The van der Waals surface area contributed by atoms with Crippen LogP contribution in [0, 0.1) is 11.7 Å². The van der Waals surface area contributed by atoms with Crippen LogP contribution in [0.3, 0.4) is 0 Å². The second-order valence-corrected chi connectivity index (χ2v) is 7.41. The van der Waals surface area contributed by atoms with Crippen LogP contribution in [0.1, 0.15) is 32.3 Å². The lowest BCUT2D eigenvalue weighted by molar-refractivity contribution is -0.159. The first-order chi connectivity index (χ1) is 15.1. The Balaban J connectivity index is 2.23. The van der Waals surface area contributed by atoms with Gasteiger partial charge in [0.25, 0.3) is 5.91 Å². The van der Waals surface area contributed by atoms with E-state index in [0.29, 0.717) is 17.2 Å². The molecule has 11 heteroatoms. The molecule has 170 valence electrons. The molecule has 0 saturated heterocycles. The molecule has 0 spiro atoms. The number of hydrogen-bond acceptors (Lipinski definition) is 5. The van der Waals surface area contributed by atoms with Gasteiger partial charge in [-0.3, -0.25) is 14.4 Å². The number of para-hydroxylation sites is 1. The fourth-order valence-electron chi connectivity index (χ4n) is 2.95. The van der Waals surface area contributed by atoms with Crippen molar-refractivity contribution in [3.05, 3.63) is 41.3 Å². The number of benzene rings is 1. The number of carboxylic acid groups (broad SMARTS) is 1. The van der Waals surface area contributed by atoms with Gasteiger partial charge in [0.1, 0.15) is 11.9 Å². The first-order valence-electron chi connectivity index (χ1n) is 9.82. The molecular formula is C21H23FN4O6. The van der Waals surface area contributed by atoms with Crippen LogP contribution >= 0.6 is 0 Å². The third-order valence-electron chi connectivity index (χ3n) is 4.67. The van der Waals surface area contributed by atoms with Crippen molar-refractivity contribution in [2.24, 2.45) is 5.92 Å². The maximum atomic E-state index is 14.0. The Morgan fingerprint density at radius 1 is 1.31 bits per heavy atom. The SMILES string of the molecule is CC(C)C(=O)OC(Cc1c[nH]c2c(F)cccc12)C(=O)NC(CCC(=O)C=[N+]=[N-])C(=O)O. The van der Waals surface area contributed by atoms with Crippen LogP contribution in [-0.2, 0) is 30.3 Å². The number of ketones is 1. The summed E-state index contributed by atoms with van der Waals surface area (Å²) in [5, 5.41) is 12.1. The highest BCUT2D eigenvalue weighted by atomic mass is 19.1. The molecule has 1 amide bonds. The molecule has 1 heterocycles. The molecule has 1 aromatic heterocycles. The van der Waals surface area contributed by atoms with Gasteiger partial charge in [-0.25, -0.2) is 9.18 Å². The summed E-state index contributed by atoms with van der Waals surface area (Å²) in [6.07, 6.45) is 0.0388. The summed E-state index contributed by atoms with van der Waals surface area (Å²) in [5.74, 6) is -4.60. The zero-order valence-corrected chi connectivity index (χ0v) is 17.5. The summed E-state index contributed by atoms with van der Waals surface area (Å²) >= 11 is 0. The predicted molar refractivity (Wildman–Crippen MR) is 110 cm³/mol. The number of halogens is 1. The summed E-state index contributed by atoms with van der Waals surface area (Å²) in [6.45, 7) is 3.15. The normalized spacial score (nSPS) is 12.6. The number of carbonyl (C=O) groups excluding carboxylic acids is 3. The number of nitrogens with zero attached hydrogens (tertiary/aromatic N) is 2. The Morgan fingerprint density at radius 2 is 2.03 bits per heavy atom. The number of amides is 1. The largest absolute Gasteiger partial charge is 0.480 e. The van der Waals surface area contributed by atoms with Crippen molar-refractivity contribution in [2.45, 2.75) is 45.3 Å². The first-order valence-corrected chi connectivity index (χ1v) is 9.82. The molecule has 0 saturated carbocycles. The van der Waals surface area contributed by atoms with Gasteiger partial charge in [-0.2, -0.15) is 4.79 Å². The van der Waals surface area contributed by atoms with Gasteiger partial charge in [-0.05, 0) is 18.1 Å². The molecular weight excluding hydrogens is 423 g/mol. The minimum atomic E-state index is -1.45. The summed E-state index contributed by atoms with van der Waals surface area (Å²) in [5.41, 5.74) is 9.08. The monoisotopic (exact) mass is 446 g/mol. The Kier molecular flexibility index (Phi) is 8.37. The van der Waals surface area contributed by atoms with Crippen LogP contribution < -0.4 is 5.32 Å². The summed E-state index contributed by atoms with van der Waals surface area (Å²) in [4.78, 5) is 53.3. The van der Waals surface area contributed by atoms with Gasteiger partial charge in [0, 0.05) is 24.4 Å². The van der Waals surface area contributed by atoms with Gasteiger partial charge in [0.05, 0.1) is 11.4 Å². The smallest absolute Gasteiger partial charge is 0.326 e. The number of aliphatic carboxylic acids is 1. The minimum Gasteiger partial charge on any atom is -0.480 e. The zero-order chi connectivity index (χ0) is 23.8. The van der Waals surface area contributed by atoms with Crippen molar-refractivity contribution in [1.29, 1.82) is 0 Å². The highest BCUT2D eigenvalue weighted by molar-refractivity contribution is 6.25. The molecule has 0 fully saturated rings. The fraction of sp³-hybridized carbons (Fsp3) is 0.381. The molecule has 0 aliphatic heterocycles. The molecule has 10 nitrogen and oxygen atoms in total. The van der Waals surface area contributed by atoms with Crippen molar-refractivity contribution in [3.8, 4) is 0 Å². The zero-order valence-electron chi connectivity index (χ0n) is 17.5. The Hall–Kier alpha value is -3.85. The molecule has 0 bridgehead atoms. The van der Waals surface area contributed by atoms with E-state index in [1.807, 2.05) is 0 Å². The maximum Gasteiger partial charge on any atom is 0.326 e. The van der Waals surface area contributed by atoms with E-state index < -0.39 is 47.5 Å². The van der Waals surface area contributed by atoms with Crippen LogP contribution in [0.15, 0.2) is 24.4 Å². The van der Waals surface area contributed by atoms with E-state index in [1.165, 1.54) is 18.3 Å². The number of hydrogen-bond donors (Lipinski definition) is 3. The third kappa shape index (κ3) is 6.32. The van der Waals surface area contributed by atoms with Crippen molar-refractivity contribution in [3.63, 3.8) is 0 Å². The topological polar surface area (TPSA) is 162 Å². The lowest BCUT2D eigenvalue weighted by Gasteiger charge is -2.21. The van der Waals surface area contributed by atoms with Crippen LogP contribution in [0.25, 0.3) is 16.4 Å². The van der Waals surface area contributed by atoms with E-state index in [-0.39, 0.29) is 24.8 Å². The van der Waals surface area contributed by atoms with Crippen molar-refractivity contribution < 1.29 is 38.2 Å². The second kappa shape index (κ2) is 11.0. The number of nitrogens with one attached hydrogen (secondary N) is 2. The van der Waals surface area contributed by atoms with Gasteiger partial charge in [0.2, 0.25) is 5.78 Å². The number of H-pyrrole nitrogens is 1. The number of Topliss-reactive ketones (excluding diaryl/α,β-unsaturated/α-hetero) is 1. The number of aromatic amines is 1. The number of esters is 1. The molecule has 0 aliphatic carbocycles. The lowest BCUT2D eigenvalue weighted by Crippen LogP contribution is -2.48. The summed E-state index contributed by atoms with van der Waals surface area (Å²) in [7, 11) is 0. The highest BCUT2D eigenvalue weighted by Gasteiger charge is 2.30. The molecule has 2 atom stereocenters. The Morgan fingerprint density at radius 3 is 2.66 bits per heavy atom. The predicted octanol–water partition coefficient (Wildman–Crippen LogP) is 1.64. The van der Waals surface area contributed by atoms with E-state index in [9.17, 15) is 28.7 Å². The lowest BCUT2D eigenvalue weighted by atomic mass is 10.0. The van der Waals surface area contributed by atoms with Crippen molar-refractivity contribution >= 4 is 40.7 Å². The number of ether oxygens (including phenoxy) is 1. The van der Waals surface area contributed by atoms with Gasteiger partial charge in [-0.15, -0.1) is 0 Å². The van der Waals surface area contributed by atoms with Crippen LogP contribution in [0.5, 0.6) is 0 Å². The minimum absolute atomic E-state index is 0.129. The Labute approximate surface area is 182 Å². The van der Waals surface area contributed by atoms with E-state index in [2.05, 4.69) is 15.1 Å². The van der Waals surface area contributed by atoms with E-state index in [0.717, 1.165) is 0 Å². The molecule has 2 aromatic rings. The molecule has 3 N–H and O–H groups in total. The molecule has 0 radical (unpaired) electrons. The number of aromatic nitrogens is 1. The summed E-state index contributed by atoms with van der Waals surface area (Å²) < 4.78 is 19.3. The van der Waals surface area contributed by atoms with Crippen LogP contribution in [-0.4, -0.2) is 56.9 Å². The maximum absolute atomic E-state index is 14.0. The van der Waals surface area contributed by atoms with Crippen molar-refractivity contribution in [2.75, 3.05) is 0 Å². The number of rotatable bonds is 11.